The summed E-state index contributed by atoms with van der Waals surface area (Å²) in [7, 11) is 1.75. The van der Waals surface area contributed by atoms with Gasteiger partial charge in [-0.2, -0.15) is 13.2 Å². The van der Waals surface area contributed by atoms with Gasteiger partial charge in [-0.1, -0.05) is 18.2 Å². The number of benzene rings is 2. The average molecular weight is 482 g/mol. The molecule has 2 aliphatic rings. The number of nitrogens with zero attached hydrogens (tertiary/aromatic N) is 3. The van der Waals surface area contributed by atoms with Crippen LogP contribution < -0.4 is 5.32 Å². The molecule has 1 atom stereocenters. The van der Waals surface area contributed by atoms with Crippen LogP contribution >= 0.6 is 0 Å². The Bertz CT molecular complexity index is 1350. The summed E-state index contributed by atoms with van der Waals surface area (Å²) in [6.45, 7) is 0.443. The lowest BCUT2D eigenvalue weighted by molar-refractivity contribution is -0.137. The first-order chi connectivity index (χ1) is 16.6. The van der Waals surface area contributed by atoms with E-state index in [0.29, 0.717) is 16.8 Å². The van der Waals surface area contributed by atoms with Gasteiger partial charge in [0.15, 0.2) is 0 Å². The maximum absolute atomic E-state index is 13.4. The van der Waals surface area contributed by atoms with Crippen molar-refractivity contribution in [1.82, 2.24) is 14.4 Å². The molecule has 1 aromatic heterocycles. The van der Waals surface area contributed by atoms with E-state index in [1.54, 1.807) is 40.9 Å². The van der Waals surface area contributed by atoms with Crippen LogP contribution in [0.2, 0.25) is 0 Å². The molecule has 5 rings (SSSR count). The molecular weight excluding hydrogens is 461 g/mol. The van der Waals surface area contributed by atoms with Crippen molar-refractivity contribution in [3.05, 3.63) is 77.6 Å². The van der Waals surface area contributed by atoms with Gasteiger partial charge in [-0.25, -0.2) is 0 Å². The Balaban J connectivity index is 1.44. The van der Waals surface area contributed by atoms with Gasteiger partial charge < -0.3 is 19.7 Å². The van der Waals surface area contributed by atoms with Gasteiger partial charge in [0, 0.05) is 26.3 Å². The highest BCUT2D eigenvalue weighted by molar-refractivity contribution is 6.11. The molecule has 3 heterocycles. The molecule has 1 fully saturated rings. The van der Waals surface area contributed by atoms with Crippen LogP contribution in [0.3, 0.4) is 0 Å². The largest absolute Gasteiger partial charge is 0.416 e. The van der Waals surface area contributed by atoms with Gasteiger partial charge >= 0.3 is 6.18 Å². The summed E-state index contributed by atoms with van der Waals surface area (Å²) in [5.74, 6) is -1.07. The van der Waals surface area contributed by atoms with Crippen molar-refractivity contribution in [1.29, 1.82) is 0 Å². The molecular formula is C25H21F3N4O3. The van der Waals surface area contributed by atoms with Crippen LogP contribution in [0.4, 0.5) is 18.9 Å². The van der Waals surface area contributed by atoms with Crippen LogP contribution in [-0.2, 0) is 18.0 Å². The Morgan fingerprint density at radius 1 is 1.00 bits per heavy atom. The number of nitrogens with one attached hydrogen (secondary N) is 1. The van der Waals surface area contributed by atoms with Crippen molar-refractivity contribution in [2.24, 2.45) is 7.05 Å². The van der Waals surface area contributed by atoms with E-state index in [0.717, 1.165) is 12.1 Å². The molecule has 2 aromatic carbocycles. The molecule has 1 N–H and O–H groups in total. The van der Waals surface area contributed by atoms with Crippen molar-refractivity contribution < 1.29 is 27.6 Å². The Kier molecular flexibility index (Phi) is 5.38. The lowest BCUT2D eigenvalue weighted by Crippen LogP contribution is -2.59. The number of anilines is 1. The minimum Gasteiger partial charge on any atom is -0.347 e. The van der Waals surface area contributed by atoms with E-state index in [-0.39, 0.29) is 36.8 Å². The number of alkyl halides is 3. The third kappa shape index (κ3) is 4.05. The highest BCUT2D eigenvalue weighted by Gasteiger charge is 2.41. The van der Waals surface area contributed by atoms with Gasteiger partial charge in [-0.05, 0) is 47.5 Å². The lowest BCUT2D eigenvalue weighted by atomic mass is 9.99. The fraction of sp³-hybridized carbons (Fsp3) is 0.240. The maximum Gasteiger partial charge on any atom is 0.416 e. The fourth-order valence-corrected chi connectivity index (χ4v) is 4.54. The zero-order valence-electron chi connectivity index (χ0n) is 18.7. The zero-order valence-corrected chi connectivity index (χ0v) is 18.7. The molecule has 0 bridgehead atoms. The topological polar surface area (TPSA) is 74.7 Å². The third-order valence-corrected chi connectivity index (χ3v) is 6.43. The van der Waals surface area contributed by atoms with E-state index >= 15 is 0 Å². The highest BCUT2D eigenvalue weighted by Crippen LogP contribution is 2.34. The van der Waals surface area contributed by atoms with Gasteiger partial charge in [0.2, 0.25) is 5.91 Å². The van der Waals surface area contributed by atoms with Crippen LogP contribution in [-0.4, -0.2) is 57.8 Å². The number of fused-ring (bicyclic) bond motifs is 2. The molecule has 3 amide bonds. The number of piperazine rings is 1. The van der Waals surface area contributed by atoms with E-state index in [2.05, 4.69) is 5.32 Å². The SMILES string of the molecule is Cn1cccc1C(=O)N1CCN2C(=O)c3cc(-c4cccc(C(F)(F)F)c4)ccc3NC(=O)[C@@H]2C1. The van der Waals surface area contributed by atoms with Gasteiger partial charge in [-0.15, -0.1) is 0 Å². The summed E-state index contributed by atoms with van der Waals surface area (Å²) < 4.78 is 41.2. The number of hydrogen-bond acceptors (Lipinski definition) is 3. The molecule has 0 radical (unpaired) electrons. The van der Waals surface area contributed by atoms with Crippen molar-refractivity contribution in [3.8, 4) is 11.1 Å². The van der Waals surface area contributed by atoms with Crippen LogP contribution in [0.15, 0.2) is 60.8 Å². The van der Waals surface area contributed by atoms with Crippen LogP contribution in [0.25, 0.3) is 11.1 Å². The molecule has 1 saturated heterocycles. The van der Waals surface area contributed by atoms with E-state index in [1.165, 1.54) is 29.2 Å². The number of aromatic nitrogens is 1. The number of halogens is 3. The van der Waals surface area contributed by atoms with Crippen molar-refractivity contribution in [3.63, 3.8) is 0 Å². The minimum atomic E-state index is -4.49. The Hall–Kier alpha value is -4.08. The van der Waals surface area contributed by atoms with Crippen molar-refractivity contribution >= 4 is 23.4 Å². The summed E-state index contributed by atoms with van der Waals surface area (Å²) in [6, 6.07) is 12.0. The van der Waals surface area contributed by atoms with E-state index in [9.17, 15) is 27.6 Å². The standard InChI is InChI=1S/C25H21F3N4O3/c1-30-9-3-6-20(30)24(35)31-10-11-32-21(14-31)22(33)29-19-8-7-16(13-18(19)23(32)34)15-4-2-5-17(12-15)25(26,27)28/h2-9,12-13,21H,10-11,14H2,1H3,(H,29,33)/t21-/m0/s1. The van der Waals surface area contributed by atoms with E-state index in [4.69, 9.17) is 0 Å². The second-order valence-electron chi connectivity index (χ2n) is 8.60. The third-order valence-electron chi connectivity index (χ3n) is 6.43. The van der Waals surface area contributed by atoms with Crippen molar-refractivity contribution in [2.45, 2.75) is 12.2 Å². The molecule has 0 saturated carbocycles. The Morgan fingerprint density at radius 3 is 2.49 bits per heavy atom. The smallest absolute Gasteiger partial charge is 0.347 e. The monoisotopic (exact) mass is 482 g/mol. The van der Waals surface area contributed by atoms with Crippen LogP contribution in [0.1, 0.15) is 26.4 Å². The van der Waals surface area contributed by atoms with Gasteiger partial charge in [0.1, 0.15) is 11.7 Å². The van der Waals surface area contributed by atoms with Gasteiger partial charge in [-0.3, -0.25) is 14.4 Å². The summed E-state index contributed by atoms with van der Waals surface area (Å²) in [6.07, 6.45) is -2.74. The highest BCUT2D eigenvalue weighted by atomic mass is 19.4. The fourth-order valence-electron chi connectivity index (χ4n) is 4.54. The predicted octanol–water partition coefficient (Wildman–Crippen LogP) is 3.63. The maximum atomic E-state index is 13.4. The average Bonchev–Trinajstić information content (AvgIpc) is 3.24. The zero-order chi connectivity index (χ0) is 24.9. The van der Waals surface area contributed by atoms with Crippen LogP contribution in [0.5, 0.6) is 0 Å². The second kappa shape index (κ2) is 8.30. The Labute approximate surface area is 198 Å². The first kappa shape index (κ1) is 22.7. The molecule has 10 heteroatoms. The van der Waals surface area contributed by atoms with Crippen molar-refractivity contribution in [2.75, 3.05) is 25.0 Å². The molecule has 3 aromatic rings. The number of hydrogen-bond donors (Lipinski definition) is 1. The first-order valence-electron chi connectivity index (χ1n) is 11.0. The molecule has 180 valence electrons. The normalized spacial score (nSPS) is 18.0. The lowest BCUT2D eigenvalue weighted by Gasteiger charge is -2.39. The number of carbonyl (C=O) groups excluding carboxylic acids is 3. The quantitative estimate of drug-likeness (QED) is 0.606. The first-order valence-corrected chi connectivity index (χ1v) is 11.0. The molecule has 2 aliphatic heterocycles. The summed E-state index contributed by atoms with van der Waals surface area (Å²) in [5, 5.41) is 2.75. The number of aryl methyl sites for hydroxylation is 1. The van der Waals surface area contributed by atoms with E-state index < -0.39 is 29.6 Å². The second-order valence-corrected chi connectivity index (χ2v) is 8.60. The minimum absolute atomic E-state index is 0.0378. The molecule has 0 spiro atoms. The molecule has 7 nitrogen and oxygen atoms in total. The summed E-state index contributed by atoms with van der Waals surface area (Å²) in [4.78, 5) is 42.4. The summed E-state index contributed by atoms with van der Waals surface area (Å²) >= 11 is 0. The molecule has 0 unspecified atom stereocenters. The van der Waals surface area contributed by atoms with E-state index in [1.807, 2.05) is 0 Å². The number of amides is 3. The molecule has 35 heavy (non-hydrogen) atoms. The van der Waals surface area contributed by atoms with Crippen LogP contribution in [0, 0.1) is 0 Å². The predicted molar refractivity (Wildman–Crippen MR) is 122 cm³/mol. The van der Waals surface area contributed by atoms with Gasteiger partial charge in [0.05, 0.1) is 23.4 Å². The van der Waals surface area contributed by atoms with Gasteiger partial charge in [0.25, 0.3) is 11.8 Å². The number of rotatable bonds is 2. The summed E-state index contributed by atoms with van der Waals surface area (Å²) in [5.41, 5.74) is 0.897. The Morgan fingerprint density at radius 2 is 1.77 bits per heavy atom. The molecule has 0 aliphatic carbocycles. The number of carbonyl (C=O) groups is 3.